The second-order valence-electron chi connectivity index (χ2n) is 6.57. The van der Waals surface area contributed by atoms with Crippen LogP contribution in [0.15, 0.2) is 0 Å². The average molecular weight is 270 g/mol. The van der Waals surface area contributed by atoms with Crippen molar-refractivity contribution in [3.05, 3.63) is 0 Å². The minimum atomic E-state index is 0.535. The molecule has 0 spiro atoms. The van der Waals surface area contributed by atoms with Gasteiger partial charge in [0.1, 0.15) is 0 Å². The Labute approximate surface area is 122 Å². The summed E-state index contributed by atoms with van der Waals surface area (Å²) in [5.41, 5.74) is 0.535. The molecule has 1 atom stereocenters. The highest BCUT2D eigenvalue weighted by Gasteiger charge is 2.21. The highest BCUT2D eigenvalue weighted by Crippen LogP contribution is 2.29. The summed E-state index contributed by atoms with van der Waals surface area (Å²) in [7, 11) is 0. The van der Waals surface area contributed by atoms with Gasteiger partial charge >= 0.3 is 0 Å². The Morgan fingerprint density at radius 2 is 1.26 bits per heavy atom. The van der Waals surface area contributed by atoms with Crippen molar-refractivity contribution in [2.24, 2.45) is 5.41 Å². The van der Waals surface area contributed by atoms with E-state index in [2.05, 4.69) is 33.0 Å². The predicted octanol–water partition coefficient (Wildman–Crippen LogP) is 5.93. The fourth-order valence-electron chi connectivity index (χ4n) is 3.02. The molecule has 0 saturated carbocycles. The SMILES string of the molecule is CCCCCCCCCCC(C)(CCC)CNCC. The second-order valence-corrected chi connectivity index (χ2v) is 6.57. The first-order valence-corrected chi connectivity index (χ1v) is 8.89. The van der Waals surface area contributed by atoms with Gasteiger partial charge < -0.3 is 5.32 Å². The minimum absolute atomic E-state index is 0.535. The zero-order valence-electron chi connectivity index (χ0n) is 14.2. The van der Waals surface area contributed by atoms with Crippen LogP contribution in [0.1, 0.15) is 98.3 Å². The molecule has 19 heavy (non-hydrogen) atoms. The van der Waals surface area contributed by atoms with E-state index in [0.29, 0.717) is 5.41 Å². The maximum absolute atomic E-state index is 3.55. The van der Waals surface area contributed by atoms with Crippen LogP contribution in [0.3, 0.4) is 0 Å². The van der Waals surface area contributed by atoms with E-state index in [9.17, 15) is 0 Å². The molecule has 0 aliphatic heterocycles. The van der Waals surface area contributed by atoms with Crippen LogP contribution in [0.2, 0.25) is 0 Å². The Hall–Kier alpha value is -0.0400. The zero-order chi connectivity index (χ0) is 14.4. The standard InChI is InChI=1S/C18H39N/c1-5-8-9-10-11-12-13-14-16-18(4,15-6-2)17-19-7-3/h19H,5-17H2,1-4H3. The highest BCUT2D eigenvalue weighted by molar-refractivity contribution is 4.76. The average Bonchev–Trinajstić information content (AvgIpc) is 2.40. The lowest BCUT2D eigenvalue weighted by Gasteiger charge is -2.29. The molecule has 0 aliphatic carbocycles. The van der Waals surface area contributed by atoms with Gasteiger partial charge in [0.25, 0.3) is 0 Å². The summed E-state index contributed by atoms with van der Waals surface area (Å²) in [6, 6.07) is 0. The Morgan fingerprint density at radius 1 is 0.684 bits per heavy atom. The second kappa shape index (κ2) is 13.0. The lowest BCUT2D eigenvalue weighted by atomic mass is 9.80. The van der Waals surface area contributed by atoms with E-state index >= 15 is 0 Å². The van der Waals surface area contributed by atoms with Crippen molar-refractivity contribution in [1.29, 1.82) is 0 Å². The van der Waals surface area contributed by atoms with E-state index in [4.69, 9.17) is 0 Å². The van der Waals surface area contributed by atoms with E-state index in [-0.39, 0.29) is 0 Å². The Balaban J connectivity index is 3.57. The van der Waals surface area contributed by atoms with Gasteiger partial charge in [0.15, 0.2) is 0 Å². The first-order valence-electron chi connectivity index (χ1n) is 8.89. The zero-order valence-corrected chi connectivity index (χ0v) is 14.2. The smallest absolute Gasteiger partial charge is 0.000504 e. The molecule has 1 nitrogen and oxygen atoms in total. The minimum Gasteiger partial charge on any atom is -0.316 e. The van der Waals surface area contributed by atoms with Crippen molar-refractivity contribution in [2.45, 2.75) is 98.3 Å². The lowest BCUT2D eigenvalue weighted by Crippen LogP contribution is -2.31. The van der Waals surface area contributed by atoms with Crippen LogP contribution in [-0.2, 0) is 0 Å². The molecule has 0 radical (unpaired) electrons. The van der Waals surface area contributed by atoms with Crippen molar-refractivity contribution in [2.75, 3.05) is 13.1 Å². The molecular weight excluding hydrogens is 230 g/mol. The molecule has 116 valence electrons. The van der Waals surface area contributed by atoms with Crippen LogP contribution in [0, 0.1) is 5.41 Å². The molecule has 0 fully saturated rings. The molecule has 1 N–H and O–H groups in total. The normalized spacial score (nSPS) is 14.5. The van der Waals surface area contributed by atoms with Crippen LogP contribution < -0.4 is 5.32 Å². The number of hydrogen-bond acceptors (Lipinski definition) is 1. The van der Waals surface area contributed by atoms with Crippen molar-refractivity contribution in [3.63, 3.8) is 0 Å². The van der Waals surface area contributed by atoms with Crippen LogP contribution in [0.25, 0.3) is 0 Å². The molecule has 0 bridgehead atoms. The topological polar surface area (TPSA) is 12.0 Å². The Bertz CT molecular complexity index is 179. The van der Waals surface area contributed by atoms with Crippen molar-refractivity contribution >= 4 is 0 Å². The summed E-state index contributed by atoms with van der Waals surface area (Å²) in [6.07, 6.45) is 15.6. The number of rotatable bonds is 14. The first-order chi connectivity index (χ1) is 9.18. The van der Waals surface area contributed by atoms with Gasteiger partial charge in [-0.3, -0.25) is 0 Å². The summed E-state index contributed by atoms with van der Waals surface area (Å²) < 4.78 is 0. The largest absolute Gasteiger partial charge is 0.316 e. The van der Waals surface area contributed by atoms with Crippen molar-refractivity contribution in [1.82, 2.24) is 5.32 Å². The molecule has 0 saturated heterocycles. The van der Waals surface area contributed by atoms with Gasteiger partial charge in [0, 0.05) is 6.54 Å². The molecule has 0 amide bonds. The molecule has 0 aromatic carbocycles. The van der Waals surface area contributed by atoms with E-state index in [1.54, 1.807) is 0 Å². The van der Waals surface area contributed by atoms with E-state index in [0.717, 1.165) is 6.54 Å². The van der Waals surface area contributed by atoms with E-state index < -0.39 is 0 Å². The molecule has 0 aromatic heterocycles. The highest BCUT2D eigenvalue weighted by atomic mass is 14.9. The van der Waals surface area contributed by atoms with Crippen molar-refractivity contribution < 1.29 is 0 Å². The third-order valence-electron chi connectivity index (χ3n) is 4.29. The fourth-order valence-corrected chi connectivity index (χ4v) is 3.02. The van der Waals surface area contributed by atoms with Crippen LogP contribution in [-0.4, -0.2) is 13.1 Å². The number of unbranched alkanes of at least 4 members (excludes halogenated alkanes) is 7. The van der Waals surface area contributed by atoms with Gasteiger partial charge in [0.05, 0.1) is 0 Å². The third-order valence-corrected chi connectivity index (χ3v) is 4.29. The maximum atomic E-state index is 3.55. The third kappa shape index (κ3) is 11.5. The maximum Gasteiger partial charge on any atom is 0.000504 e. The van der Waals surface area contributed by atoms with Gasteiger partial charge in [-0.1, -0.05) is 85.5 Å². The quantitative estimate of drug-likeness (QED) is 0.385. The van der Waals surface area contributed by atoms with Gasteiger partial charge in [-0.05, 0) is 24.8 Å². The molecule has 0 heterocycles. The Kier molecular flexibility index (Phi) is 12.9. The van der Waals surface area contributed by atoms with Gasteiger partial charge in [-0.15, -0.1) is 0 Å². The number of hydrogen-bond donors (Lipinski definition) is 1. The summed E-state index contributed by atoms with van der Waals surface area (Å²) in [5.74, 6) is 0. The summed E-state index contributed by atoms with van der Waals surface area (Å²) in [5, 5.41) is 3.55. The van der Waals surface area contributed by atoms with E-state index in [1.807, 2.05) is 0 Å². The molecule has 0 rings (SSSR count). The van der Waals surface area contributed by atoms with Gasteiger partial charge in [-0.2, -0.15) is 0 Å². The number of nitrogens with one attached hydrogen (secondary N) is 1. The van der Waals surface area contributed by atoms with Gasteiger partial charge in [0.2, 0.25) is 0 Å². The van der Waals surface area contributed by atoms with Gasteiger partial charge in [-0.25, -0.2) is 0 Å². The molecule has 0 aromatic rings. The van der Waals surface area contributed by atoms with Crippen LogP contribution >= 0.6 is 0 Å². The van der Waals surface area contributed by atoms with Crippen LogP contribution in [0.5, 0.6) is 0 Å². The summed E-state index contributed by atoms with van der Waals surface area (Å²) in [6.45, 7) is 11.6. The molecule has 1 unspecified atom stereocenters. The molecule has 0 aliphatic rings. The summed E-state index contributed by atoms with van der Waals surface area (Å²) >= 11 is 0. The molecule has 1 heteroatoms. The summed E-state index contributed by atoms with van der Waals surface area (Å²) in [4.78, 5) is 0. The first kappa shape index (κ1) is 19.0. The Morgan fingerprint density at radius 3 is 1.79 bits per heavy atom. The lowest BCUT2D eigenvalue weighted by molar-refractivity contribution is 0.248. The fraction of sp³-hybridized carbons (Fsp3) is 1.00. The van der Waals surface area contributed by atoms with Crippen molar-refractivity contribution in [3.8, 4) is 0 Å². The monoisotopic (exact) mass is 269 g/mol. The molecular formula is C18H39N. The van der Waals surface area contributed by atoms with Crippen LogP contribution in [0.4, 0.5) is 0 Å². The van der Waals surface area contributed by atoms with E-state index in [1.165, 1.54) is 77.2 Å². The predicted molar refractivity (Wildman–Crippen MR) is 88.8 cm³/mol.